The van der Waals surface area contributed by atoms with E-state index in [1.165, 1.54) is 23.2 Å². The van der Waals surface area contributed by atoms with E-state index in [4.69, 9.17) is 4.74 Å². The van der Waals surface area contributed by atoms with E-state index in [-0.39, 0.29) is 17.2 Å². The molecule has 2 aromatic carbocycles. The van der Waals surface area contributed by atoms with Crippen LogP contribution < -0.4 is 4.80 Å². The lowest BCUT2D eigenvalue weighted by atomic mass is 9.97. The molecule has 0 N–H and O–H groups in total. The van der Waals surface area contributed by atoms with Crippen LogP contribution in [-0.2, 0) is 32.3 Å². The number of carbonyl (C=O) groups excluding carboxylic acids is 1. The van der Waals surface area contributed by atoms with Crippen molar-refractivity contribution in [1.82, 2.24) is 4.57 Å². The first-order valence-electron chi connectivity index (χ1n) is 9.57. The van der Waals surface area contributed by atoms with Gasteiger partial charge >= 0.3 is 0 Å². The van der Waals surface area contributed by atoms with Gasteiger partial charge < -0.3 is 9.30 Å². The number of benzene rings is 2. The van der Waals surface area contributed by atoms with E-state index in [1.54, 1.807) is 25.3 Å². The minimum Gasteiger partial charge on any atom is -0.383 e. The highest BCUT2D eigenvalue weighted by atomic mass is 32.2. The molecule has 1 aromatic heterocycles. The van der Waals surface area contributed by atoms with Crippen LogP contribution in [0.3, 0.4) is 0 Å². The van der Waals surface area contributed by atoms with Crippen molar-refractivity contribution in [1.29, 1.82) is 0 Å². The molecule has 30 heavy (non-hydrogen) atoms. The maximum Gasteiger partial charge on any atom is 0.252 e. The van der Waals surface area contributed by atoms with Crippen molar-refractivity contribution in [2.75, 3.05) is 20.0 Å². The van der Waals surface area contributed by atoms with Gasteiger partial charge in [-0.2, -0.15) is 4.99 Å². The Morgan fingerprint density at radius 1 is 1.13 bits per heavy atom. The summed E-state index contributed by atoms with van der Waals surface area (Å²) in [5, 5.41) is 0. The highest BCUT2D eigenvalue weighted by molar-refractivity contribution is 7.90. The van der Waals surface area contributed by atoms with E-state index in [0.29, 0.717) is 18.0 Å². The first-order valence-corrected chi connectivity index (χ1v) is 12.3. The highest BCUT2D eigenvalue weighted by Gasteiger charge is 2.14. The molecule has 0 unspecified atom stereocenters. The van der Waals surface area contributed by atoms with Crippen LogP contribution in [0.4, 0.5) is 0 Å². The third kappa shape index (κ3) is 4.88. The first-order chi connectivity index (χ1) is 14.1. The van der Waals surface area contributed by atoms with Crippen LogP contribution in [0.15, 0.2) is 40.2 Å². The van der Waals surface area contributed by atoms with Crippen molar-refractivity contribution in [3.05, 3.63) is 57.4 Å². The van der Waals surface area contributed by atoms with Gasteiger partial charge in [0, 0.05) is 19.9 Å². The van der Waals surface area contributed by atoms with Crippen LogP contribution in [0.25, 0.3) is 10.2 Å². The van der Waals surface area contributed by atoms with E-state index in [0.717, 1.165) is 26.9 Å². The normalized spacial score (nSPS) is 12.6. The van der Waals surface area contributed by atoms with Crippen molar-refractivity contribution in [2.45, 2.75) is 38.6 Å². The Balaban J connectivity index is 2.06. The molecule has 0 aliphatic carbocycles. The molecular formula is C22H26N2O4S2. The SMILES string of the molecule is COCCn1c(=NC(=O)Cc2c(C)cc(C)cc2C)sc2cc(S(C)(=O)=O)ccc21. The molecule has 0 atom stereocenters. The Bertz CT molecular complexity index is 1260. The number of amides is 1. The standard InChI is InChI=1S/C22H26N2O4S2/c1-14-10-15(2)18(16(3)11-14)13-21(25)23-22-24(8-9-28-4)19-7-6-17(30(5,26)27)12-20(19)29-22/h6-7,10-12H,8-9,13H2,1-5H3. The second kappa shape index (κ2) is 8.83. The van der Waals surface area contributed by atoms with Crippen molar-refractivity contribution in [3.63, 3.8) is 0 Å². The maximum atomic E-state index is 12.8. The molecule has 0 bridgehead atoms. The van der Waals surface area contributed by atoms with Gasteiger partial charge in [0.1, 0.15) is 0 Å². The number of hydrogen-bond donors (Lipinski definition) is 0. The number of carbonyl (C=O) groups is 1. The fourth-order valence-electron chi connectivity index (χ4n) is 3.55. The molecule has 0 fully saturated rings. The van der Waals surface area contributed by atoms with E-state index in [2.05, 4.69) is 17.1 Å². The molecule has 6 nitrogen and oxygen atoms in total. The molecule has 3 aromatic rings. The number of thiazole rings is 1. The van der Waals surface area contributed by atoms with Gasteiger partial charge in [-0.3, -0.25) is 4.79 Å². The van der Waals surface area contributed by atoms with Crippen molar-refractivity contribution in [3.8, 4) is 0 Å². The number of aryl methyl sites for hydroxylation is 3. The summed E-state index contributed by atoms with van der Waals surface area (Å²) in [6.45, 7) is 7.03. The molecule has 1 amide bonds. The van der Waals surface area contributed by atoms with E-state index < -0.39 is 9.84 Å². The van der Waals surface area contributed by atoms with Gasteiger partial charge in [0.25, 0.3) is 5.91 Å². The van der Waals surface area contributed by atoms with Crippen LogP contribution >= 0.6 is 11.3 Å². The van der Waals surface area contributed by atoms with Crippen LogP contribution in [0, 0.1) is 20.8 Å². The molecule has 0 aliphatic rings. The lowest BCUT2D eigenvalue weighted by Gasteiger charge is -2.09. The predicted octanol–water partition coefficient (Wildman–Crippen LogP) is 3.35. The highest BCUT2D eigenvalue weighted by Crippen LogP contribution is 2.22. The molecule has 1 heterocycles. The van der Waals surface area contributed by atoms with Gasteiger partial charge in [0.15, 0.2) is 14.6 Å². The minimum atomic E-state index is -3.32. The predicted molar refractivity (Wildman–Crippen MR) is 120 cm³/mol. The number of rotatable bonds is 6. The zero-order valence-corrected chi connectivity index (χ0v) is 19.5. The fraction of sp³-hybridized carbons (Fsp3) is 0.364. The zero-order chi connectivity index (χ0) is 22.1. The summed E-state index contributed by atoms with van der Waals surface area (Å²) in [6, 6.07) is 9.12. The van der Waals surface area contributed by atoms with Gasteiger partial charge in [-0.15, -0.1) is 0 Å². The topological polar surface area (TPSA) is 77.7 Å². The largest absolute Gasteiger partial charge is 0.383 e. The number of nitrogens with zero attached hydrogens (tertiary/aromatic N) is 2. The molecule has 0 saturated carbocycles. The second-order valence-corrected chi connectivity index (χ2v) is 10.5. The molecule has 8 heteroatoms. The Labute approximate surface area is 180 Å². The number of hydrogen-bond acceptors (Lipinski definition) is 5. The first kappa shape index (κ1) is 22.4. The average Bonchev–Trinajstić information content (AvgIpc) is 2.98. The number of methoxy groups -OCH3 is 1. The molecule has 0 radical (unpaired) electrons. The van der Waals surface area contributed by atoms with Crippen molar-refractivity contribution < 1.29 is 17.9 Å². The lowest BCUT2D eigenvalue weighted by molar-refractivity contribution is -0.117. The number of aromatic nitrogens is 1. The van der Waals surface area contributed by atoms with E-state index >= 15 is 0 Å². The fourth-order valence-corrected chi connectivity index (χ4v) is 5.39. The molecular weight excluding hydrogens is 420 g/mol. The van der Waals surface area contributed by atoms with Gasteiger partial charge in [0.2, 0.25) is 0 Å². The van der Waals surface area contributed by atoms with Gasteiger partial charge in [-0.05, 0) is 55.7 Å². The second-order valence-electron chi connectivity index (χ2n) is 7.49. The van der Waals surface area contributed by atoms with Crippen molar-refractivity contribution in [2.24, 2.45) is 4.99 Å². The number of fused-ring (bicyclic) bond motifs is 1. The third-order valence-electron chi connectivity index (χ3n) is 4.99. The molecule has 3 rings (SSSR count). The molecule has 0 saturated heterocycles. The number of ether oxygens (including phenoxy) is 1. The Hall–Kier alpha value is -2.29. The van der Waals surface area contributed by atoms with Crippen LogP contribution in [-0.4, -0.2) is 38.9 Å². The van der Waals surface area contributed by atoms with Gasteiger partial charge in [0.05, 0.1) is 28.1 Å². The summed E-state index contributed by atoms with van der Waals surface area (Å²) in [6.07, 6.45) is 1.41. The van der Waals surface area contributed by atoms with E-state index in [1.807, 2.05) is 25.3 Å². The third-order valence-corrected chi connectivity index (χ3v) is 7.14. The maximum absolute atomic E-state index is 12.8. The Morgan fingerprint density at radius 2 is 1.80 bits per heavy atom. The smallest absolute Gasteiger partial charge is 0.252 e. The van der Waals surface area contributed by atoms with E-state index in [9.17, 15) is 13.2 Å². The summed E-state index contributed by atoms with van der Waals surface area (Å²) in [7, 11) is -1.70. The minimum absolute atomic E-state index is 0.227. The summed E-state index contributed by atoms with van der Waals surface area (Å²) in [4.78, 5) is 18.0. The monoisotopic (exact) mass is 446 g/mol. The van der Waals surface area contributed by atoms with Crippen molar-refractivity contribution >= 4 is 37.3 Å². The molecule has 160 valence electrons. The summed E-state index contributed by atoms with van der Waals surface area (Å²) in [5.74, 6) is -0.230. The average molecular weight is 447 g/mol. The number of sulfone groups is 1. The zero-order valence-electron chi connectivity index (χ0n) is 17.9. The Kier molecular flexibility index (Phi) is 6.59. The van der Waals surface area contributed by atoms with Crippen LogP contribution in [0.5, 0.6) is 0 Å². The molecule has 0 spiro atoms. The van der Waals surface area contributed by atoms with Gasteiger partial charge in [-0.1, -0.05) is 29.0 Å². The summed E-state index contributed by atoms with van der Waals surface area (Å²) >= 11 is 1.31. The quantitative estimate of drug-likeness (QED) is 0.582. The Morgan fingerprint density at radius 3 is 2.40 bits per heavy atom. The molecule has 0 aliphatic heterocycles. The van der Waals surface area contributed by atoms with Crippen LogP contribution in [0.1, 0.15) is 22.3 Å². The lowest BCUT2D eigenvalue weighted by Crippen LogP contribution is -2.20. The summed E-state index contributed by atoms with van der Waals surface area (Å²) in [5.41, 5.74) is 5.16. The van der Waals surface area contributed by atoms with Gasteiger partial charge in [-0.25, -0.2) is 8.42 Å². The van der Waals surface area contributed by atoms with Crippen LogP contribution in [0.2, 0.25) is 0 Å². The summed E-state index contributed by atoms with van der Waals surface area (Å²) < 4.78 is 31.7.